The summed E-state index contributed by atoms with van der Waals surface area (Å²) in [6, 6.07) is 20.7. The van der Waals surface area contributed by atoms with Gasteiger partial charge >= 0.3 is 0 Å². The molecule has 0 bridgehead atoms. The van der Waals surface area contributed by atoms with Crippen LogP contribution in [-0.4, -0.2) is 42.5 Å². The molecule has 0 aromatic heterocycles. The fourth-order valence-corrected chi connectivity index (χ4v) is 4.45. The van der Waals surface area contributed by atoms with E-state index in [0.29, 0.717) is 40.9 Å². The summed E-state index contributed by atoms with van der Waals surface area (Å²) in [5, 5.41) is 11.3. The Balaban J connectivity index is 1.80. The van der Waals surface area contributed by atoms with E-state index in [2.05, 4.69) is 13.8 Å². The Kier molecular flexibility index (Phi) is 8.36. The predicted molar refractivity (Wildman–Crippen MR) is 145 cm³/mol. The van der Waals surface area contributed by atoms with Crippen LogP contribution in [0.3, 0.4) is 0 Å². The molecular formula is C31H33NO6. The highest BCUT2D eigenvalue weighted by Crippen LogP contribution is 2.42. The molecule has 0 radical (unpaired) electrons. The van der Waals surface area contributed by atoms with Crippen LogP contribution in [0.4, 0.5) is 0 Å². The number of carbonyl (C=O) groups excluding carboxylic acids is 2. The van der Waals surface area contributed by atoms with E-state index in [9.17, 15) is 14.7 Å². The van der Waals surface area contributed by atoms with Gasteiger partial charge in [-0.3, -0.25) is 9.59 Å². The van der Waals surface area contributed by atoms with E-state index in [1.165, 1.54) is 4.90 Å². The number of amides is 1. The lowest BCUT2D eigenvalue weighted by molar-refractivity contribution is -0.140. The molecule has 1 amide bonds. The minimum atomic E-state index is -0.823. The Morgan fingerprint density at radius 1 is 0.921 bits per heavy atom. The molecule has 7 nitrogen and oxygen atoms in total. The normalized spacial score (nSPS) is 16.7. The van der Waals surface area contributed by atoms with E-state index in [0.717, 1.165) is 12.0 Å². The van der Waals surface area contributed by atoms with Gasteiger partial charge in [-0.15, -0.1) is 0 Å². The van der Waals surface area contributed by atoms with Crippen molar-refractivity contribution in [3.8, 4) is 17.2 Å². The number of hydrogen-bond acceptors (Lipinski definition) is 6. The number of methoxy groups -OCH3 is 2. The number of aliphatic hydroxyl groups excluding tert-OH is 1. The molecule has 0 saturated carbocycles. The number of benzene rings is 3. The number of ether oxygens (including phenoxy) is 3. The van der Waals surface area contributed by atoms with E-state index in [-0.39, 0.29) is 17.9 Å². The fourth-order valence-electron chi connectivity index (χ4n) is 4.45. The smallest absolute Gasteiger partial charge is 0.295 e. The SMILES string of the molecule is COc1ccc(C(O)=C2C(=O)C(=O)N(Cc3ccccc3)C2c2ccc(OCCC(C)C)c(OC)c2)cc1. The molecule has 38 heavy (non-hydrogen) atoms. The van der Waals surface area contributed by atoms with Gasteiger partial charge in [-0.1, -0.05) is 50.2 Å². The van der Waals surface area contributed by atoms with E-state index in [4.69, 9.17) is 14.2 Å². The minimum Gasteiger partial charge on any atom is -0.507 e. The zero-order valence-electron chi connectivity index (χ0n) is 22.1. The molecule has 1 aliphatic heterocycles. The molecule has 1 atom stereocenters. The molecule has 3 aromatic carbocycles. The van der Waals surface area contributed by atoms with Gasteiger partial charge in [0.15, 0.2) is 11.5 Å². The summed E-state index contributed by atoms with van der Waals surface area (Å²) in [4.78, 5) is 28.2. The third-order valence-electron chi connectivity index (χ3n) is 6.56. The predicted octanol–water partition coefficient (Wildman–Crippen LogP) is 5.75. The molecule has 7 heteroatoms. The highest BCUT2D eigenvalue weighted by Gasteiger charge is 2.46. The van der Waals surface area contributed by atoms with Crippen LogP contribution in [-0.2, 0) is 16.1 Å². The maximum Gasteiger partial charge on any atom is 0.295 e. The molecule has 1 unspecified atom stereocenters. The first kappa shape index (κ1) is 26.8. The number of rotatable bonds is 10. The number of nitrogens with zero attached hydrogens (tertiary/aromatic N) is 1. The maximum atomic E-state index is 13.4. The lowest BCUT2D eigenvalue weighted by Gasteiger charge is -2.26. The quantitative estimate of drug-likeness (QED) is 0.210. The molecule has 4 rings (SSSR count). The van der Waals surface area contributed by atoms with Crippen molar-refractivity contribution in [3.05, 3.63) is 95.1 Å². The highest BCUT2D eigenvalue weighted by atomic mass is 16.5. The van der Waals surface area contributed by atoms with Crippen LogP contribution < -0.4 is 14.2 Å². The average molecular weight is 516 g/mol. The van der Waals surface area contributed by atoms with Crippen molar-refractivity contribution in [2.45, 2.75) is 32.9 Å². The van der Waals surface area contributed by atoms with Crippen molar-refractivity contribution in [3.63, 3.8) is 0 Å². The summed E-state index contributed by atoms with van der Waals surface area (Å²) in [6.07, 6.45) is 0.893. The van der Waals surface area contributed by atoms with Crippen molar-refractivity contribution in [1.82, 2.24) is 4.90 Å². The monoisotopic (exact) mass is 515 g/mol. The first-order valence-corrected chi connectivity index (χ1v) is 12.6. The van der Waals surface area contributed by atoms with Crippen LogP contribution in [0.2, 0.25) is 0 Å². The second-order valence-corrected chi connectivity index (χ2v) is 9.58. The van der Waals surface area contributed by atoms with E-state index in [1.807, 2.05) is 36.4 Å². The van der Waals surface area contributed by atoms with Crippen LogP contribution in [0.25, 0.3) is 5.76 Å². The zero-order valence-corrected chi connectivity index (χ0v) is 22.1. The van der Waals surface area contributed by atoms with Gasteiger partial charge < -0.3 is 24.2 Å². The minimum absolute atomic E-state index is 0.0200. The number of Topliss-reactive ketones (excluding diaryl/α,β-unsaturated/α-hetero) is 1. The summed E-state index contributed by atoms with van der Waals surface area (Å²) in [6.45, 7) is 4.99. The number of carbonyl (C=O) groups is 2. The number of likely N-dealkylation sites (tertiary alicyclic amines) is 1. The number of ketones is 1. The van der Waals surface area contributed by atoms with Crippen molar-refractivity contribution in [2.75, 3.05) is 20.8 Å². The van der Waals surface area contributed by atoms with Crippen LogP contribution in [0, 0.1) is 5.92 Å². The number of hydrogen-bond donors (Lipinski definition) is 1. The summed E-state index contributed by atoms with van der Waals surface area (Å²) >= 11 is 0. The van der Waals surface area contributed by atoms with Crippen LogP contribution in [0.1, 0.15) is 43.0 Å². The van der Waals surface area contributed by atoms with Crippen LogP contribution in [0.15, 0.2) is 78.4 Å². The molecular weight excluding hydrogens is 482 g/mol. The summed E-state index contributed by atoms with van der Waals surface area (Å²) in [5.74, 6) is 0.507. The van der Waals surface area contributed by atoms with Gasteiger partial charge in [-0.05, 0) is 59.9 Å². The van der Waals surface area contributed by atoms with Crippen molar-refractivity contribution < 1.29 is 28.9 Å². The molecule has 0 aliphatic carbocycles. The fraction of sp³-hybridized carbons (Fsp3) is 0.290. The third-order valence-corrected chi connectivity index (χ3v) is 6.56. The first-order chi connectivity index (χ1) is 18.3. The van der Waals surface area contributed by atoms with Crippen molar-refractivity contribution >= 4 is 17.4 Å². The Morgan fingerprint density at radius 2 is 1.63 bits per heavy atom. The second kappa shape index (κ2) is 11.9. The van der Waals surface area contributed by atoms with Crippen molar-refractivity contribution in [2.24, 2.45) is 5.92 Å². The largest absolute Gasteiger partial charge is 0.507 e. The average Bonchev–Trinajstić information content (AvgIpc) is 3.18. The van der Waals surface area contributed by atoms with Crippen LogP contribution in [0.5, 0.6) is 17.2 Å². The Hall–Kier alpha value is -4.26. The first-order valence-electron chi connectivity index (χ1n) is 12.6. The summed E-state index contributed by atoms with van der Waals surface area (Å²) in [7, 11) is 3.10. The van der Waals surface area contributed by atoms with E-state index < -0.39 is 17.7 Å². The summed E-state index contributed by atoms with van der Waals surface area (Å²) in [5.41, 5.74) is 1.92. The summed E-state index contributed by atoms with van der Waals surface area (Å²) < 4.78 is 16.8. The third kappa shape index (κ3) is 5.67. The number of aliphatic hydroxyl groups is 1. The second-order valence-electron chi connectivity index (χ2n) is 9.58. The molecule has 1 N–H and O–H groups in total. The topological polar surface area (TPSA) is 85.3 Å². The van der Waals surface area contributed by atoms with E-state index >= 15 is 0 Å². The maximum absolute atomic E-state index is 13.4. The molecule has 1 aliphatic rings. The molecule has 198 valence electrons. The molecule has 3 aromatic rings. The van der Waals surface area contributed by atoms with Gasteiger partial charge in [0.1, 0.15) is 11.5 Å². The van der Waals surface area contributed by atoms with Gasteiger partial charge in [0.05, 0.1) is 32.4 Å². The Morgan fingerprint density at radius 3 is 2.26 bits per heavy atom. The van der Waals surface area contributed by atoms with Gasteiger partial charge in [-0.25, -0.2) is 0 Å². The standard InChI is InChI=1S/C31H33NO6/c1-20(2)16-17-38-25-15-12-23(18-26(25)37-4)28-27(29(33)22-10-13-24(36-3)14-11-22)30(34)31(35)32(28)19-21-8-6-5-7-9-21/h5-15,18,20,28,33H,16-17,19H2,1-4H3. The lowest BCUT2D eigenvalue weighted by atomic mass is 9.94. The van der Waals surface area contributed by atoms with Gasteiger partial charge in [0, 0.05) is 12.1 Å². The molecule has 0 spiro atoms. The van der Waals surface area contributed by atoms with E-state index in [1.54, 1.807) is 50.6 Å². The zero-order chi connectivity index (χ0) is 27.2. The van der Waals surface area contributed by atoms with Gasteiger partial charge in [-0.2, -0.15) is 0 Å². The molecule has 1 fully saturated rings. The molecule has 1 saturated heterocycles. The van der Waals surface area contributed by atoms with Crippen LogP contribution >= 0.6 is 0 Å². The van der Waals surface area contributed by atoms with Crippen molar-refractivity contribution in [1.29, 1.82) is 0 Å². The van der Waals surface area contributed by atoms with Gasteiger partial charge in [0.25, 0.3) is 11.7 Å². The Labute approximate surface area is 223 Å². The Bertz CT molecular complexity index is 1310. The highest BCUT2D eigenvalue weighted by molar-refractivity contribution is 6.46. The van der Waals surface area contributed by atoms with Gasteiger partial charge in [0.2, 0.25) is 0 Å². The molecule has 1 heterocycles. The lowest BCUT2D eigenvalue weighted by Crippen LogP contribution is -2.29.